The van der Waals surface area contributed by atoms with Gasteiger partial charge in [0.25, 0.3) is 5.89 Å². The topological polar surface area (TPSA) is 51.0 Å². The molecule has 0 amide bonds. The molecule has 84 valence electrons. The van der Waals surface area contributed by atoms with Gasteiger partial charge in [0, 0.05) is 10.0 Å². The molecule has 0 aliphatic rings. The molecule has 1 N–H and O–H groups in total. The van der Waals surface area contributed by atoms with E-state index in [1.54, 1.807) is 6.07 Å². The molecule has 0 radical (unpaired) electrons. The van der Waals surface area contributed by atoms with Gasteiger partial charge in [0.05, 0.1) is 11.6 Å². The predicted molar refractivity (Wildman–Crippen MR) is 65.2 cm³/mol. The average molecular weight is 303 g/mol. The number of nitrogens with one attached hydrogen (secondary N) is 1. The molecule has 0 saturated carbocycles. The van der Waals surface area contributed by atoms with Crippen molar-refractivity contribution < 1.29 is 4.52 Å². The molecule has 0 unspecified atom stereocenters. The van der Waals surface area contributed by atoms with E-state index < -0.39 is 0 Å². The third kappa shape index (κ3) is 2.42. The summed E-state index contributed by atoms with van der Waals surface area (Å²) in [7, 11) is 1.83. The van der Waals surface area contributed by atoms with E-state index in [9.17, 15) is 0 Å². The van der Waals surface area contributed by atoms with Crippen LogP contribution in [0.4, 0.5) is 0 Å². The summed E-state index contributed by atoms with van der Waals surface area (Å²) >= 11 is 9.25. The van der Waals surface area contributed by atoms with Crippen LogP contribution in [0.3, 0.4) is 0 Å². The van der Waals surface area contributed by atoms with Gasteiger partial charge >= 0.3 is 0 Å². The van der Waals surface area contributed by atoms with Crippen LogP contribution < -0.4 is 5.32 Å². The van der Waals surface area contributed by atoms with Gasteiger partial charge in [0.1, 0.15) is 0 Å². The highest BCUT2D eigenvalue weighted by atomic mass is 79.9. The highest BCUT2D eigenvalue weighted by molar-refractivity contribution is 9.10. The molecule has 0 atom stereocenters. The Morgan fingerprint density at radius 2 is 2.31 bits per heavy atom. The second-order valence-corrected chi connectivity index (χ2v) is 4.44. The van der Waals surface area contributed by atoms with Crippen molar-refractivity contribution in [3.63, 3.8) is 0 Å². The van der Waals surface area contributed by atoms with E-state index in [-0.39, 0.29) is 0 Å². The zero-order valence-corrected chi connectivity index (χ0v) is 10.8. The summed E-state index contributed by atoms with van der Waals surface area (Å²) in [6.07, 6.45) is 0. The Balaban J connectivity index is 2.31. The quantitative estimate of drug-likeness (QED) is 0.947. The molecule has 4 nitrogen and oxygen atoms in total. The summed E-state index contributed by atoms with van der Waals surface area (Å²) in [6, 6.07) is 5.46. The number of aromatic nitrogens is 2. The number of hydrogen-bond acceptors (Lipinski definition) is 4. The number of hydrogen-bond donors (Lipinski definition) is 1. The SMILES string of the molecule is CNCc1noc(-c2ccc(Cl)c(Br)c2)n1. The van der Waals surface area contributed by atoms with Gasteiger partial charge in [0.15, 0.2) is 5.82 Å². The summed E-state index contributed by atoms with van der Waals surface area (Å²) in [4.78, 5) is 4.24. The van der Waals surface area contributed by atoms with Gasteiger partial charge in [-0.15, -0.1) is 0 Å². The second kappa shape index (κ2) is 4.95. The van der Waals surface area contributed by atoms with Crippen LogP contribution in [0.2, 0.25) is 5.02 Å². The first kappa shape index (κ1) is 11.6. The third-order valence-electron chi connectivity index (χ3n) is 1.97. The van der Waals surface area contributed by atoms with Crippen molar-refractivity contribution in [3.05, 3.63) is 33.5 Å². The molecule has 1 aromatic carbocycles. The highest BCUT2D eigenvalue weighted by Gasteiger charge is 2.09. The largest absolute Gasteiger partial charge is 0.334 e. The standard InChI is InChI=1S/C10H9BrClN3O/c1-13-5-9-14-10(16-15-9)6-2-3-8(12)7(11)4-6/h2-4,13H,5H2,1H3. The summed E-state index contributed by atoms with van der Waals surface area (Å²) in [5.74, 6) is 1.12. The molecule has 0 spiro atoms. The minimum Gasteiger partial charge on any atom is -0.334 e. The second-order valence-electron chi connectivity index (χ2n) is 3.17. The molecule has 2 aromatic rings. The molecule has 6 heteroatoms. The third-order valence-corrected chi connectivity index (χ3v) is 3.18. The molecule has 1 aromatic heterocycles. The fraction of sp³-hybridized carbons (Fsp3) is 0.200. The van der Waals surface area contributed by atoms with Crippen LogP contribution in [0.15, 0.2) is 27.2 Å². The zero-order chi connectivity index (χ0) is 11.5. The highest BCUT2D eigenvalue weighted by Crippen LogP contribution is 2.27. The van der Waals surface area contributed by atoms with Crippen molar-refractivity contribution in [3.8, 4) is 11.5 Å². The number of nitrogens with zero attached hydrogens (tertiary/aromatic N) is 2. The lowest BCUT2D eigenvalue weighted by Crippen LogP contribution is -2.06. The monoisotopic (exact) mass is 301 g/mol. The van der Waals surface area contributed by atoms with Gasteiger partial charge < -0.3 is 9.84 Å². The summed E-state index contributed by atoms with van der Waals surface area (Å²) in [6.45, 7) is 0.582. The van der Waals surface area contributed by atoms with Crippen LogP contribution in [-0.2, 0) is 6.54 Å². The summed E-state index contributed by atoms with van der Waals surface area (Å²) < 4.78 is 5.94. The molecule has 0 fully saturated rings. The van der Waals surface area contributed by atoms with Crippen LogP contribution >= 0.6 is 27.5 Å². The molecule has 1 heterocycles. The number of benzene rings is 1. The molecule has 0 aliphatic carbocycles. The molecule has 2 rings (SSSR count). The molecule has 0 aliphatic heterocycles. The Morgan fingerprint density at radius 1 is 1.50 bits per heavy atom. The van der Waals surface area contributed by atoms with E-state index in [1.807, 2.05) is 19.2 Å². The Bertz CT molecular complexity index is 501. The summed E-state index contributed by atoms with van der Waals surface area (Å²) in [5, 5.41) is 7.44. The van der Waals surface area contributed by atoms with Gasteiger partial charge in [-0.05, 0) is 41.2 Å². The maximum Gasteiger partial charge on any atom is 0.258 e. The minimum absolute atomic E-state index is 0.489. The normalized spacial score (nSPS) is 10.7. The lowest BCUT2D eigenvalue weighted by molar-refractivity contribution is 0.420. The van der Waals surface area contributed by atoms with E-state index in [2.05, 4.69) is 31.4 Å². The number of halogens is 2. The Labute approximate surface area is 106 Å². The molecule has 0 bridgehead atoms. The van der Waals surface area contributed by atoms with E-state index in [1.165, 1.54) is 0 Å². The molecular formula is C10H9BrClN3O. The Morgan fingerprint density at radius 3 is 3.00 bits per heavy atom. The first-order valence-electron chi connectivity index (χ1n) is 4.63. The van der Waals surface area contributed by atoms with Gasteiger partial charge in [-0.2, -0.15) is 4.98 Å². The van der Waals surface area contributed by atoms with Gasteiger partial charge in [-0.25, -0.2) is 0 Å². The van der Waals surface area contributed by atoms with E-state index in [0.29, 0.717) is 23.3 Å². The fourth-order valence-electron chi connectivity index (χ4n) is 1.23. The predicted octanol–water partition coefficient (Wildman–Crippen LogP) is 2.87. The van der Waals surface area contributed by atoms with E-state index in [4.69, 9.17) is 16.1 Å². The van der Waals surface area contributed by atoms with Crippen molar-refractivity contribution in [1.29, 1.82) is 0 Å². The first-order chi connectivity index (χ1) is 7.70. The van der Waals surface area contributed by atoms with Crippen LogP contribution in [0.5, 0.6) is 0 Å². The number of rotatable bonds is 3. The van der Waals surface area contributed by atoms with Crippen LogP contribution in [0.1, 0.15) is 5.82 Å². The lowest BCUT2D eigenvalue weighted by Gasteiger charge is -1.97. The van der Waals surface area contributed by atoms with Crippen molar-refractivity contribution in [2.24, 2.45) is 0 Å². The smallest absolute Gasteiger partial charge is 0.258 e. The van der Waals surface area contributed by atoms with Crippen molar-refractivity contribution >= 4 is 27.5 Å². The summed E-state index contributed by atoms with van der Waals surface area (Å²) in [5.41, 5.74) is 0.839. The fourth-order valence-corrected chi connectivity index (χ4v) is 1.73. The molecular weight excluding hydrogens is 293 g/mol. The first-order valence-corrected chi connectivity index (χ1v) is 5.80. The maximum atomic E-state index is 5.90. The maximum absolute atomic E-state index is 5.90. The van der Waals surface area contributed by atoms with Crippen LogP contribution in [0, 0.1) is 0 Å². The van der Waals surface area contributed by atoms with Gasteiger partial charge in [-0.3, -0.25) is 0 Å². The minimum atomic E-state index is 0.489. The van der Waals surface area contributed by atoms with Gasteiger partial charge in [0.2, 0.25) is 0 Å². The lowest BCUT2D eigenvalue weighted by atomic mass is 10.2. The molecule has 0 saturated heterocycles. The van der Waals surface area contributed by atoms with E-state index in [0.717, 1.165) is 10.0 Å². The Kier molecular flexibility index (Phi) is 3.58. The van der Waals surface area contributed by atoms with Crippen LogP contribution in [0.25, 0.3) is 11.5 Å². The van der Waals surface area contributed by atoms with Crippen molar-refractivity contribution in [2.75, 3.05) is 7.05 Å². The van der Waals surface area contributed by atoms with Crippen molar-refractivity contribution in [1.82, 2.24) is 15.5 Å². The average Bonchev–Trinajstić information content (AvgIpc) is 2.71. The Hall–Kier alpha value is -0.910. The van der Waals surface area contributed by atoms with E-state index >= 15 is 0 Å². The van der Waals surface area contributed by atoms with Crippen molar-refractivity contribution in [2.45, 2.75) is 6.54 Å². The van der Waals surface area contributed by atoms with Gasteiger partial charge in [-0.1, -0.05) is 16.8 Å². The van der Waals surface area contributed by atoms with Crippen LogP contribution in [-0.4, -0.2) is 17.2 Å². The zero-order valence-electron chi connectivity index (χ0n) is 8.50. The molecule has 16 heavy (non-hydrogen) atoms.